The number of rotatable bonds is 4. The van der Waals surface area contributed by atoms with Gasteiger partial charge >= 0.3 is 0 Å². The van der Waals surface area contributed by atoms with Crippen molar-refractivity contribution < 1.29 is 14.3 Å². The minimum atomic E-state index is 0.0791. The van der Waals surface area contributed by atoms with E-state index in [0.29, 0.717) is 16.9 Å². The number of ether oxygens (including phenoxy) is 2. The molecule has 1 unspecified atom stereocenters. The Balaban J connectivity index is 1.45. The van der Waals surface area contributed by atoms with E-state index in [9.17, 15) is 4.79 Å². The maximum absolute atomic E-state index is 12.9. The van der Waals surface area contributed by atoms with E-state index in [1.165, 1.54) is 17.1 Å². The van der Waals surface area contributed by atoms with Gasteiger partial charge in [0.05, 0.1) is 5.69 Å². The van der Waals surface area contributed by atoms with Crippen LogP contribution in [0.2, 0.25) is 0 Å². The van der Waals surface area contributed by atoms with E-state index in [1.54, 1.807) is 0 Å². The average molecular weight is 392 g/mol. The molecule has 0 spiro atoms. The molecule has 1 fully saturated rings. The summed E-state index contributed by atoms with van der Waals surface area (Å²) in [4.78, 5) is 15.6. The molecule has 8 heteroatoms. The minimum Gasteiger partial charge on any atom is -0.454 e. The fraction of sp³-hybridized carbons (Fsp3) is 0.500. The number of fused-ring (bicyclic) bond motifs is 1. The van der Waals surface area contributed by atoms with Gasteiger partial charge in [-0.3, -0.25) is 4.79 Å². The van der Waals surface area contributed by atoms with Crippen molar-refractivity contribution in [1.82, 2.24) is 14.5 Å². The van der Waals surface area contributed by atoms with Gasteiger partial charge in [0.1, 0.15) is 4.88 Å². The number of hydrogen-bond acceptors (Lipinski definition) is 7. The molecule has 138 valence electrons. The van der Waals surface area contributed by atoms with Crippen molar-refractivity contribution >= 4 is 29.2 Å². The van der Waals surface area contributed by atoms with Crippen LogP contribution < -0.4 is 9.47 Å². The normalized spacial score (nSPS) is 19.4. The van der Waals surface area contributed by atoms with E-state index in [1.807, 2.05) is 22.7 Å². The number of carbonyl (C=O) groups excluding carboxylic acids is 1. The molecule has 1 saturated heterocycles. The van der Waals surface area contributed by atoms with E-state index in [2.05, 4.69) is 28.6 Å². The van der Waals surface area contributed by atoms with Crippen LogP contribution in [-0.4, -0.2) is 46.0 Å². The lowest BCUT2D eigenvalue weighted by atomic mass is 10.1. The van der Waals surface area contributed by atoms with Crippen LogP contribution in [0, 0.1) is 0 Å². The fourth-order valence-electron chi connectivity index (χ4n) is 3.27. The van der Waals surface area contributed by atoms with Gasteiger partial charge in [-0.2, -0.15) is 11.8 Å². The first kappa shape index (κ1) is 17.6. The smallest absolute Gasteiger partial charge is 0.267 e. The molecule has 3 heterocycles. The highest BCUT2D eigenvalue weighted by molar-refractivity contribution is 7.99. The monoisotopic (exact) mass is 391 g/mol. The summed E-state index contributed by atoms with van der Waals surface area (Å²) in [6.07, 6.45) is 2.69. The molecule has 0 saturated carbocycles. The number of carbonyl (C=O) groups is 1. The second kappa shape index (κ2) is 7.84. The van der Waals surface area contributed by atoms with Gasteiger partial charge in [0, 0.05) is 24.1 Å². The van der Waals surface area contributed by atoms with E-state index < -0.39 is 0 Å². The number of benzene rings is 1. The van der Waals surface area contributed by atoms with E-state index in [4.69, 9.17) is 9.47 Å². The summed E-state index contributed by atoms with van der Waals surface area (Å²) in [6, 6.07) is 6.16. The third kappa shape index (κ3) is 3.53. The van der Waals surface area contributed by atoms with Crippen molar-refractivity contribution in [1.29, 1.82) is 0 Å². The first-order chi connectivity index (χ1) is 12.8. The summed E-state index contributed by atoms with van der Waals surface area (Å²) in [5.74, 6) is 2.63. The molecule has 26 heavy (non-hydrogen) atoms. The van der Waals surface area contributed by atoms with Crippen LogP contribution in [0.5, 0.6) is 11.5 Å². The topological polar surface area (TPSA) is 64.6 Å². The Kier molecular flexibility index (Phi) is 5.31. The van der Waals surface area contributed by atoms with Gasteiger partial charge in [-0.1, -0.05) is 23.9 Å². The molecule has 0 aliphatic carbocycles. The van der Waals surface area contributed by atoms with E-state index in [-0.39, 0.29) is 5.91 Å². The molecule has 2 aliphatic heterocycles. The summed E-state index contributed by atoms with van der Waals surface area (Å²) < 4.78 is 14.9. The maximum Gasteiger partial charge on any atom is 0.267 e. The fourth-order valence-corrected chi connectivity index (χ4v) is 5.17. The SMILES string of the molecule is CCCc1nnsc1C(=O)N1CCSC(c2ccc3c(c2)OCO3)CC1. The van der Waals surface area contributed by atoms with Gasteiger partial charge in [0.2, 0.25) is 6.79 Å². The molecule has 0 radical (unpaired) electrons. The van der Waals surface area contributed by atoms with Crippen LogP contribution >= 0.6 is 23.3 Å². The molecule has 1 atom stereocenters. The van der Waals surface area contributed by atoms with Gasteiger partial charge in [-0.25, -0.2) is 0 Å². The van der Waals surface area contributed by atoms with Gasteiger partial charge in [0.25, 0.3) is 5.91 Å². The first-order valence-corrected chi connectivity index (χ1v) is 10.7. The Morgan fingerprint density at radius 2 is 2.19 bits per heavy atom. The third-order valence-corrected chi connectivity index (χ3v) is 6.72. The minimum absolute atomic E-state index is 0.0791. The van der Waals surface area contributed by atoms with Crippen molar-refractivity contribution in [2.45, 2.75) is 31.4 Å². The highest BCUT2D eigenvalue weighted by Crippen LogP contribution is 2.40. The average Bonchev–Trinajstić information content (AvgIpc) is 3.24. The van der Waals surface area contributed by atoms with Crippen molar-refractivity contribution in [2.75, 3.05) is 25.6 Å². The zero-order valence-electron chi connectivity index (χ0n) is 14.6. The van der Waals surface area contributed by atoms with Crippen molar-refractivity contribution in [3.8, 4) is 11.5 Å². The highest BCUT2D eigenvalue weighted by atomic mass is 32.2. The predicted octanol–water partition coefficient (Wildman–Crippen LogP) is 3.54. The van der Waals surface area contributed by atoms with Crippen LogP contribution in [0.25, 0.3) is 0 Å². The van der Waals surface area contributed by atoms with Crippen molar-refractivity contribution in [3.05, 3.63) is 34.3 Å². The number of nitrogens with zero attached hydrogens (tertiary/aromatic N) is 3. The molecule has 2 aliphatic rings. The Hall–Kier alpha value is -1.80. The second-order valence-corrected chi connectivity index (χ2v) is 8.42. The Labute approximate surface area is 161 Å². The zero-order valence-corrected chi connectivity index (χ0v) is 16.3. The summed E-state index contributed by atoms with van der Waals surface area (Å²) in [5, 5.41) is 4.49. The van der Waals surface area contributed by atoms with Gasteiger partial charge in [-0.15, -0.1) is 5.10 Å². The number of hydrogen-bond donors (Lipinski definition) is 0. The van der Waals surface area contributed by atoms with E-state index >= 15 is 0 Å². The molecule has 0 bridgehead atoms. The van der Waals surface area contributed by atoms with Crippen LogP contribution in [0.4, 0.5) is 0 Å². The number of thioether (sulfide) groups is 1. The Bertz CT molecular complexity index is 796. The summed E-state index contributed by atoms with van der Waals surface area (Å²) in [5.41, 5.74) is 2.08. The zero-order chi connectivity index (χ0) is 17.9. The lowest BCUT2D eigenvalue weighted by Gasteiger charge is -2.19. The third-order valence-electron chi connectivity index (χ3n) is 4.63. The summed E-state index contributed by atoms with van der Waals surface area (Å²) in [7, 11) is 0. The van der Waals surface area contributed by atoms with Gasteiger partial charge in [0.15, 0.2) is 11.5 Å². The molecule has 1 amide bonds. The van der Waals surface area contributed by atoms with Crippen LogP contribution in [0.1, 0.15) is 45.9 Å². The second-order valence-electron chi connectivity index (χ2n) is 6.35. The summed E-state index contributed by atoms with van der Waals surface area (Å²) in [6.45, 7) is 3.89. The van der Waals surface area contributed by atoms with Crippen molar-refractivity contribution in [2.24, 2.45) is 0 Å². The van der Waals surface area contributed by atoms with Crippen molar-refractivity contribution in [3.63, 3.8) is 0 Å². The number of amides is 1. The maximum atomic E-state index is 12.9. The molecule has 2 aromatic rings. The lowest BCUT2D eigenvalue weighted by Crippen LogP contribution is -2.33. The molecular weight excluding hydrogens is 370 g/mol. The Morgan fingerprint density at radius 1 is 1.31 bits per heavy atom. The number of aromatic nitrogens is 2. The quantitative estimate of drug-likeness (QED) is 0.794. The highest BCUT2D eigenvalue weighted by Gasteiger charge is 2.27. The molecule has 4 rings (SSSR count). The van der Waals surface area contributed by atoms with Crippen LogP contribution in [0.3, 0.4) is 0 Å². The molecule has 1 aromatic carbocycles. The van der Waals surface area contributed by atoms with Gasteiger partial charge < -0.3 is 14.4 Å². The van der Waals surface area contributed by atoms with Gasteiger partial charge in [-0.05, 0) is 42.1 Å². The van der Waals surface area contributed by atoms with Crippen LogP contribution in [0.15, 0.2) is 18.2 Å². The first-order valence-electron chi connectivity index (χ1n) is 8.88. The molecular formula is C18H21N3O3S2. The lowest BCUT2D eigenvalue weighted by molar-refractivity contribution is 0.0770. The van der Waals surface area contributed by atoms with E-state index in [0.717, 1.165) is 55.3 Å². The number of aryl methyl sites for hydroxylation is 1. The molecule has 0 N–H and O–H groups in total. The standard InChI is InChI=1S/C18H21N3O3S2/c1-2-3-13-17(26-20-19-13)18(22)21-7-6-16(25-9-8-21)12-4-5-14-15(10-12)24-11-23-14/h4-5,10,16H,2-3,6-9,11H2,1H3. The molecule has 1 aromatic heterocycles. The Morgan fingerprint density at radius 3 is 3.08 bits per heavy atom. The molecule has 6 nitrogen and oxygen atoms in total. The summed E-state index contributed by atoms with van der Waals surface area (Å²) >= 11 is 3.12. The predicted molar refractivity (Wildman–Crippen MR) is 102 cm³/mol. The largest absolute Gasteiger partial charge is 0.454 e. The van der Waals surface area contributed by atoms with Crippen LogP contribution in [-0.2, 0) is 6.42 Å².